The van der Waals surface area contributed by atoms with E-state index in [1.54, 1.807) is 42.5 Å². The molecule has 7 heteroatoms. The summed E-state index contributed by atoms with van der Waals surface area (Å²) < 4.78 is 48.5. The smallest absolute Gasteiger partial charge is 0.264 e. The fourth-order valence-electron chi connectivity index (χ4n) is 4.74. The number of halogens is 1. The van der Waals surface area contributed by atoms with Crippen molar-refractivity contribution in [3.05, 3.63) is 121 Å². The Morgan fingerprint density at radius 2 is 1.41 bits per heavy atom. The minimum Gasteiger partial charge on any atom is -0.457 e. The van der Waals surface area contributed by atoms with Crippen molar-refractivity contribution in [2.75, 3.05) is 17.4 Å². The summed E-state index contributed by atoms with van der Waals surface area (Å²) in [6.45, 7) is 2.24. The molecule has 5 rings (SSSR count). The van der Waals surface area contributed by atoms with Crippen LogP contribution in [0.1, 0.15) is 18.4 Å². The van der Waals surface area contributed by atoms with Crippen molar-refractivity contribution in [2.45, 2.75) is 30.3 Å². The molecule has 1 aliphatic rings. The summed E-state index contributed by atoms with van der Waals surface area (Å²) in [5.74, 6) is 1.19. The largest absolute Gasteiger partial charge is 0.457 e. The Bertz CT molecular complexity index is 1410. The second-order valence-corrected chi connectivity index (χ2v) is 11.0. The van der Waals surface area contributed by atoms with Gasteiger partial charge in [-0.2, -0.15) is 0 Å². The number of ether oxygens (including phenoxy) is 1. The van der Waals surface area contributed by atoms with Crippen molar-refractivity contribution in [1.29, 1.82) is 0 Å². The molecule has 0 N–H and O–H groups in total. The molecule has 0 amide bonds. The number of hydrogen-bond acceptors (Lipinski definition) is 4. The maximum atomic E-state index is 13.7. The lowest BCUT2D eigenvalue weighted by Crippen LogP contribution is -2.47. The molecule has 0 radical (unpaired) electrons. The van der Waals surface area contributed by atoms with Gasteiger partial charge in [-0.3, -0.25) is 9.21 Å². The topological polar surface area (TPSA) is 49.9 Å². The monoisotopic (exact) mass is 516 g/mol. The molecule has 1 aliphatic heterocycles. The molecule has 1 heterocycles. The summed E-state index contributed by atoms with van der Waals surface area (Å²) in [7, 11) is -3.80. The lowest BCUT2D eigenvalue weighted by Gasteiger charge is -2.39. The van der Waals surface area contributed by atoms with Gasteiger partial charge in [-0.15, -0.1) is 0 Å². The molecule has 4 aromatic carbocycles. The Kier molecular flexibility index (Phi) is 7.53. The Labute approximate surface area is 217 Å². The van der Waals surface area contributed by atoms with Crippen LogP contribution in [0.25, 0.3) is 0 Å². The summed E-state index contributed by atoms with van der Waals surface area (Å²) in [6, 6.07) is 31.6. The molecule has 1 fully saturated rings. The van der Waals surface area contributed by atoms with Crippen molar-refractivity contribution in [3.8, 4) is 11.5 Å². The summed E-state index contributed by atoms with van der Waals surface area (Å²) in [5.41, 5.74) is 1.62. The predicted molar refractivity (Wildman–Crippen MR) is 144 cm³/mol. The van der Waals surface area contributed by atoms with Crippen LogP contribution in [0.5, 0.6) is 11.5 Å². The van der Waals surface area contributed by atoms with E-state index in [4.69, 9.17) is 4.74 Å². The third-order valence-corrected chi connectivity index (χ3v) is 8.45. The van der Waals surface area contributed by atoms with Gasteiger partial charge in [0, 0.05) is 25.7 Å². The van der Waals surface area contributed by atoms with Crippen LogP contribution in [0, 0.1) is 5.82 Å². The zero-order valence-electron chi connectivity index (χ0n) is 20.4. The van der Waals surface area contributed by atoms with Gasteiger partial charge in [0.25, 0.3) is 10.0 Å². The van der Waals surface area contributed by atoms with Gasteiger partial charge in [-0.25, -0.2) is 12.8 Å². The highest BCUT2D eigenvalue weighted by molar-refractivity contribution is 7.92. The van der Waals surface area contributed by atoms with Crippen molar-refractivity contribution in [2.24, 2.45) is 0 Å². The van der Waals surface area contributed by atoms with Gasteiger partial charge < -0.3 is 4.74 Å². The maximum Gasteiger partial charge on any atom is 0.264 e. The van der Waals surface area contributed by atoms with Gasteiger partial charge in [0.05, 0.1) is 10.6 Å². The van der Waals surface area contributed by atoms with Gasteiger partial charge in [-0.1, -0.05) is 48.5 Å². The van der Waals surface area contributed by atoms with Crippen LogP contribution < -0.4 is 9.04 Å². The lowest BCUT2D eigenvalue weighted by molar-refractivity contribution is 0.206. The highest BCUT2D eigenvalue weighted by Crippen LogP contribution is 2.31. The number of para-hydroxylation sites is 1. The van der Waals surface area contributed by atoms with Gasteiger partial charge in [-0.05, 0) is 79.1 Å². The summed E-state index contributed by atoms with van der Waals surface area (Å²) >= 11 is 0. The van der Waals surface area contributed by atoms with Crippen LogP contribution in [0.15, 0.2) is 114 Å². The molecule has 0 bridgehead atoms. The average Bonchev–Trinajstić information content (AvgIpc) is 2.92. The molecular weight excluding hydrogens is 487 g/mol. The van der Waals surface area contributed by atoms with Crippen molar-refractivity contribution < 1.29 is 17.5 Å². The first-order chi connectivity index (χ1) is 18.0. The molecule has 0 atom stereocenters. The molecule has 1 saturated heterocycles. The third kappa shape index (κ3) is 6.01. The van der Waals surface area contributed by atoms with Crippen LogP contribution in [0.2, 0.25) is 0 Å². The van der Waals surface area contributed by atoms with Crippen molar-refractivity contribution in [3.63, 3.8) is 0 Å². The van der Waals surface area contributed by atoms with E-state index in [1.807, 2.05) is 48.5 Å². The standard InChI is InChI=1S/C30H29FN2O3S/c31-25-14-16-26(17-15-25)33(37(34,35)30-12-5-2-6-13-30)27-18-20-32(21-19-27)23-24-8-7-11-29(22-24)36-28-9-3-1-4-10-28/h1-17,22,27H,18-21,23H2. The Balaban J connectivity index is 1.29. The summed E-state index contributed by atoms with van der Waals surface area (Å²) in [4.78, 5) is 2.56. The maximum absolute atomic E-state index is 13.7. The van der Waals surface area contributed by atoms with Crippen LogP contribution >= 0.6 is 0 Å². The Morgan fingerprint density at radius 1 is 0.784 bits per heavy atom. The molecule has 0 unspecified atom stereocenters. The fourth-order valence-corrected chi connectivity index (χ4v) is 6.47. The number of sulfonamides is 1. The molecule has 0 aromatic heterocycles. The quantitative estimate of drug-likeness (QED) is 0.269. The van der Waals surface area contributed by atoms with E-state index >= 15 is 0 Å². The number of rotatable bonds is 8. The highest BCUT2D eigenvalue weighted by atomic mass is 32.2. The van der Waals surface area contributed by atoms with E-state index in [9.17, 15) is 12.8 Å². The molecular formula is C30H29FN2O3S. The molecule has 0 saturated carbocycles. The SMILES string of the molecule is O=S(=O)(c1ccccc1)N(c1ccc(F)cc1)C1CCN(Cc2cccc(Oc3ccccc3)c2)CC1. The zero-order valence-corrected chi connectivity index (χ0v) is 21.2. The second-order valence-electron chi connectivity index (χ2n) is 9.16. The van der Waals surface area contributed by atoms with E-state index in [1.165, 1.54) is 16.4 Å². The Hall–Kier alpha value is -3.68. The van der Waals surface area contributed by atoms with Crippen molar-refractivity contribution in [1.82, 2.24) is 4.90 Å². The predicted octanol–water partition coefficient (Wildman–Crippen LogP) is 6.48. The minimum absolute atomic E-state index is 0.223. The number of piperidine rings is 1. The highest BCUT2D eigenvalue weighted by Gasteiger charge is 2.34. The van der Waals surface area contributed by atoms with E-state index in [0.29, 0.717) is 18.5 Å². The minimum atomic E-state index is -3.80. The molecule has 5 nitrogen and oxygen atoms in total. The van der Waals surface area contributed by atoms with E-state index in [2.05, 4.69) is 11.0 Å². The number of likely N-dealkylation sites (tertiary alicyclic amines) is 1. The first-order valence-corrected chi connectivity index (χ1v) is 13.8. The third-order valence-electron chi connectivity index (χ3n) is 6.55. The average molecular weight is 517 g/mol. The van der Waals surface area contributed by atoms with E-state index in [0.717, 1.165) is 36.7 Å². The van der Waals surface area contributed by atoms with Crippen LogP contribution in [0.4, 0.5) is 10.1 Å². The van der Waals surface area contributed by atoms with Crippen LogP contribution in [-0.2, 0) is 16.6 Å². The van der Waals surface area contributed by atoms with Gasteiger partial charge in [0.2, 0.25) is 0 Å². The van der Waals surface area contributed by atoms with Gasteiger partial charge >= 0.3 is 0 Å². The number of benzene rings is 4. The van der Waals surface area contributed by atoms with E-state index < -0.39 is 15.8 Å². The summed E-state index contributed by atoms with van der Waals surface area (Å²) in [6.07, 6.45) is 1.34. The fraction of sp³-hybridized carbons (Fsp3) is 0.200. The van der Waals surface area contributed by atoms with Crippen molar-refractivity contribution >= 4 is 15.7 Å². The number of hydrogen-bond donors (Lipinski definition) is 0. The van der Waals surface area contributed by atoms with Gasteiger partial charge in [0.15, 0.2) is 0 Å². The zero-order chi connectivity index (χ0) is 25.7. The molecule has 0 spiro atoms. The molecule has 190 valence electrons. The molecule has 0 aliphatic carbocycles. The van der Waals surface area contributed by atoms with Crippen LogP contribution in [-0.4, -0.2) is 32.4 Å². The normalized spacial score (nSPS) is 14.8. The summed E-state index contributed by atoms with van der Waals surface area (Å²) in [5, 5.41) is 0. The number of nitrogens with zero attached hydrogens (tertiary/aromatic N) is 2. The molecule has 4 aromatic rings. The second kappa shape index (κ2) is 11.2. The molecule has 37 heavy (non-hydrogen) atoms. The first kappa shape index (κ1) is 25.0. The van der Waals surface area contributed by atoms with Gasteiger partial charge in [0.1, 0.15) is 17.3 Å². The van der Waals surface area contributed by atoms with E-state index in [-0.39, 0.29) is 10.9 Å². The van der Waals surface area contributed by atoms with Crippen LogP contribution in [0.3, 0.4) is 0 Å². The Morgan fingerprint density at radius 3 is 2.08 bits per heavy atom. The lowest BCUT2D eigenvalue weighted by atomic mass is 10.0. The first-order valence-electron chi connectivity index (χ1n) is 12.4. The number of anilines is 1.